The number of carbonyl (C=O) groups excluding carboxylic acids is 1. The average molecular weight is 915 g/mol. The maximum absolute atomic E-state index is 12.6. The third-order valence-corrected chi connectivity index (χ3v) is 12.1. The van der Waals surface area contributed by atoms with Gasteiger partial charge in [-0.05, 0) is 147 Å². The van der Waals surface area contributed by atoms with E-state index in [1.54, 1.807) is 9.36 Å². The van der Waals surface area contributed by atoms with Crippen LogP contribution in [-0.4, -0.2) is 80.4 Å². The zero-order valence-electron chi connectivity index (χ0n) is 31.5. The molecule has 4 aromatic rings. The van der Waals surface area contributed by atoms with E-state index in [1.807, 2.05) is 70.0 Å². The van der Waals surface area contributed by atoms with Crippen LogP contribution in [0, 0.1) is 0 Å². The molecule has 0 unspecified atom stereocenters. The lowest BCUT2D eigenvalue weighted by Crippen LogP contribution is -2.35. The number of fused-ring (bicyclic) bond motifs is 2. The van der Waals surface area contributed by atoms with E-state index in [9.17, 15) is 21.6 Å². The van der Waals surface area contributed by atoms with E-state index in [0.717, 1.165) is 57.3 Å². The quantitative estimate of drug-likeness (QED) is 0.159. The predicted octanol–water partition coefficient (Wildman–Crippen LogP) is 4.86. The molecule has 0 saturated heterocycles. The molecule has 2 aliphatic carbocycles. The minimum atomic E-state index is -4.08. The number of benzene rings is 2. The van der Waals surface area contributed by atoms with Gasteiger partial charge in [-0.2, -0.15) is 18.6 Å². The molecule has 6 rings (SSSR count). The van der Waals surface area contributed by atoms with Crippen LogP contribution in [0.2, 0.25) is 0 Å². The topological polar surface area (TPSA) is 204 Å². The number of aryl methyl sites for hydroxylation is 4. The zero-order valence-corrected chi connectivity index (χ0v) is 36.3. The second-order valence-electron chi connectivity index (χ2n) is 13.5. The van der Waals surface area contributed by atoms with Gasteiger partial charge in [0.2, 0.25) is 0 Å². The van der Waals surface area contributed by atoms with Crippen LogP contribution in [0.15, 0.2) is 55.4 Å². The first kappa shape index (κ1) is 43.4. The molecular weight excluding hydrogens is 864 g/mol. The standard InChI is InChI=1S/C18H24BrN5O3S.C9H10BrN.C8H16N4O2S/c1-4-24-13(11-23(2)3)10-16(21-24)28(26,27)22-18(25)20-17-14-7-5-6-12(14)8-9-15(17)19;10-8-5-4-6-2-1-3-7(6)9(8)11;1-4-12-7(6-11(2)3)5-8(10-12)15(9,13)14/h8-10H,4-7,11H2,1-3H3,(H2,20,22,25);4-5H,1-3,11H2;5H,4,6H2,1-3H3,(H2,9,13,14). The monoisotopic (exact) mass is 912 g/mol. The van der Waals surface area contributed by atoms with Crippen molar-refractivity contribution < 1.29 is 21.6 Å². The van der Waals surface area contributed by atoms with Crippen LogP contribution >= 0.6 is 31.9 Å². The largest absolute Gasteiger partial charge is 0.398 e. The number of halogens is 2. The molecule has 0 saturated carbocycles. The fraction of sp³-hybridized carbons (Fsp3) is 0.457. The number of aromatic nitrogens is 4. The molecule has 2 aromatic heterocycles. The Morgan fingerprint density at radius 2 is 1.26 bits per heavy atom. The number of hydrogen-bond acceptors (Lipinski definition) is 10. The molecule has 2 aliphatic rings. The maximum atomic E-state index is 12.6. The molecule has 2 aromatic carbocycles. The van der Waals surface area contributed by atoms with Gasteiger partial charge in [0, 0.05) is 52.9 Å². The number of amides is 2. The minimum absolute atomic E-state index is 0.0683. The molecule has 0 bridgehead atoms. The molecule has 54 heavy (non-hydrogen) atoms. The summed E-state index contributed by atoms with van der Waals surface area (Å²) in [5.41, 5.74) is 14.1. The van der Waals surface area contributed by atoms with Crippen LogP contribution in [0.25, 0.3) is 0 Å². The summed E-state index contributed by atoms with van der Waals surface area (Å²) in [7, 11) is -0.186. The Hall–Kier alpha value is -3.33. The molecule has 19 heteroatoms. The molecule has 0 fully saturated rings. The van der Waals surface area contributed by atoms with Gasteiger partial charge in [-0.15, -0.1) is 0 Å². The number of nitrogen functional groups attached to an aromatic ring is 1. The van der Waals surface area contributed by atoms with Gasteiger partial charge in [-0.3, -0.25) is 9.36 Å². The van der Waals surface area contributed by atoms with E-state index in [1.165, 1.54) is 41.7 Å². The summed E-state index contributed by atoms with van der Waals surface area (Å²) in [4.78, 5) is 16.3. The third-order valence-electron chi connectivity index (χ3n) is 8.78. The number of sulfonamides is 2. The number of primary sulfonamides is 1. The number of urea groups is 1. The maximum Gasteiger partial charge on any atom is 0.333 e. The van der Waals surface area contributed by atoms with E-state index >= 15 is 0 Å². The lowest BCUT2D eigenvalue weighted by molar-refractivity contribution is 0.256. The fourth-order valence-corrected chi connectivity index (χ4v) is 8.58. The van der Waals surface area contributed by atoms with Crippen LogP contribution in [0.3, 0.4) is 0 Å². The predicted molar refractivity (Wildman–Crippen MR) is 218 cm³/mol. The molecule has 0 aliphatic heterocycles. The van der Waals surface area contributed by atoms with E-state index in [-0.39, 0.29) is 10.1 Å². The molecule has 0 radical (unpaired) electrons. The highest BCUT2D eigenvalue weighted by Crippen LogP contribution is 2.35. The van der Waals surface area contributed by atoms with Crippen LogP contribution in [0.4, 0.5) is 16.2 Å². The number of nitrogens with zero attached hydrogens (tertiary/aromatic N) is 6. The van der Waals surface area contributed by atoms with Crippen molar-refractivity contribution in [3.63, 3.8) is 0 Å². The Labute approximate surface area is 335 Å². The van der Waals surface area contributed by atoms with E-state index in [0.29, 0.717) is 31.9 Å². The SMILES string of the molecule is CCn1nc(S(=O)(=O)NC(=O)Nc2c(Br)ccc3c2CCC3)cc1CN(C)C.CCn1nc(S(N)(=O)=O)cc1CN(C)C.Nc1c(Br)ccc2c1CCC2. The van der Waals surface area contributed by atoms with Crippen molar-refractivity contribution in [2.45, 2.75) is 88.6 Å². The summed E-state index contributed by atoms with van der Waals surface area (Å²) in [6.07, 6.45) is 6.44. The van der Waals surface area contributed by atoms with Crippen molar-refractivity contribution in [2.75, 3.05) is 39.2 Å². The second kappa shape index (κ2) is 18.5. The van der Waals surface area contributed by atoms with Gasteiger partial charge in [0.1, 0.15) is 0 Å². The number of carbonyl (C=O) groups is 1. The highest BCUT2D eigenvalue weighted by Gasteiger charge is 2.25. The van der Waals surface area contributed by atoms with Gasteiger partial charge in [0.25, 0.3) is 20.0 Å². The number of hydrogen-bond donors (Lipinski definition) is 4. The number of anilines is 2. The van der Waals surface area contributed by atoms with Gasteiger partial charge in [0.15, 0.2) is 10.1 Å². The summed E-state index contributed by atoms with van der Waals surface area (Å²) in [5, 5.41) is 15.5. The molecule has 296 valence electrons. The highest BCUT2D eigenvalue weighted by molar-refractivity contribution is 9.11. The number of nitrogens with two attached hydrogens (primary N) is 2. The number of rotatable bonds is 10. The average Bonchev–Trinajstić information content (AvgIpc) is 3.90. The first-order valence-corrected chi connectivity index (χ1v) is 22.1. The van der Waals surface area contributed by atoms with Gasteiger partial charge < -0.3 is 20.9 Å². The molecule has 15 nitrogen and oxygen atoms in total. The first-order valence-electron chi connectivity index (χ1n) is 17.5. The fourth-order valence-electron chi connectivity index (χ4n) is 6.33. The molecule has 0 atom stereocenters. The van der Waals surface area contributed by atoms with Crippen molar-refractivity contribution in [1.29, 1.82) is 0 Å². The van der Waals surface area contributed by atoms with E-state index in [2.05, 4.69) is 58.2 Å². The van der Waals surface area contributed by atoms with Crippen LogP contribution in [0.5, 0.6) is 0 Å². The van der Waals surface area contributed by atoms with Gasteiger partial charge in [0.05, 0.1) is 17.1 Å². The van der Waals surface area contributed by atoms with Crippen molar-refractivity contribution in [3.8, 4) is 0 Å². The Balaban J connectivity index is 0.000000207. The third kappa shape index (κ3) is 11.1. The molecule has 2 amide bonds. The minimum Gasteiger partial charge on any atom is -0.398 e. The Bertz CT molecular complexity index is 2190. The second-order valence-corrected chi connectivity index (χ2v) is 18.4. The summed E-state index contributed by atoms with van der Waals surface area (Å²) in [6.45, 7) is 6.13. The normalized spacial score (nSPS) is 13.5. The summed E-state index contributed by atoms with van der Waals surface area (Å²) in [5.74, 6) is 0. The number of nitrogens with one attached hydrogen (secondary N) is 2. The van der Waals surface area contributed by atoms with Gasteiger partial charge >= 0.3 is 6.03 Å². The molecule has 0 spiro atoms. The summed E-state index contributed by atoms with van der Waals surface area (Å²) >= 11 is 6.86. The lowest BCUT2D eigenvalue weighted by atomic mass is 10.1. The van der Waals surface area contributed by atoms with Gasteiger partial charge in [-0.1, -0.05) is 12.1 Å². The first-order chi connectivity index (χ1) is 25.3. The van der Waals surface area contributed by atoms with Crippen LogP contribution in [0.1, 0.15) is 60.3 Å². The summed E-state index contributed by atoms with van der Waals surface area (Å²) in [6, 6.07) is 10.3. The lowest BCUT2D eigenvalue weighted by Gasteiger charge is -2.13. The molecule has 6 N–H and O–H groups in total. The Kier molecular flexibility index (Phi) is 14.9. The smallest absolute Gasteiger partial charge is 0.333 e. The summed E-state index contributed by atoms with van der Waals surface area (Å²) < 4.78 is 54.6. The Morgan fingerprint density at radius 3 is 1.78 bits per heavy atom. The highest BCUT2D eigenvalue weighted by atomic mass is 79.9. The molecular formula is C35H50Br2N10O5S2. The zero-order chi connectivity index (χ0) is 40.0. The molecule has 2 heterocycles. The van der Waals surface area contributed by atoms with Crippen molar-refractivity contribution >= 4 is 69.3 Å². The van der Waals surface area contributed by atoms with E-state index < -0.39 is 26.1 Å². The Morgan fingerprint density at radius 1 is 0.778 bits per heavy atom. The van der Waals surface area contributed by atoms with Crippen LogP contribution < -0.4 is 20.9 Å². The van der Waals surface area contributed by atoms with Crippen molar-refractivity contribution in [2.24, 2.45) is 5.14 Å². The van der Waals surface area contributed by atoms with Crippen LogP contribution in [-0.2, 0) is 71.9 Å². The van der Waals surface area contributed by atoms with Crippen molar-refractivity contribution in [1.82, 2.24) is 34.1 Å². The van der Waals surface area contributed by atoms with E-state index in [4.69, 9.17) is 10.9 Å². The van der Waals surface area contributed by atoms with Crippen molar-refractivity contribution in [3.05, 3.63) is 79.0 Å². The van der Waals surface area contributed by atoms with Gasteiger partial charge in [-0.25, -0.2) is 23.1 Å².